The molecule has 0 saturated heterocycles. The number of nitrogens with zero attached hydrogens (tertiary/aromatic N) is 1. The zero-order valence-corrected chi connectivity index (χ0v) is 20.2. The molecule has 0 bridgehead atoms. The number of phenols is 1. The molecule has 3 aromatic carbocycles. The highest BCUT2D eigenvalue weighted by atomic mass is 32.2. The van der Waals surface area contributed by atoms with Crippen molar-refractivity contribution in [1.82, 2.24) is 3.97 Å². The third kappa shape index (κ3) is 4.49. The average Bonchev–Trinajstić information content (AvgIpc) is 3.09. The maximum Gasteiger partial charge on any atom is 0.573 e. The molecule has 188 valence electrons. The van der Waals surface area contributed by atoms with Gasteiger partial charge in [0.15, 0.2) is 0 Å². The SMILES string of the molecule is COc1ccc(C(=N)c2c(C)n(S(=O)(=O)c3ccc(C)cc3)c3cc(OC(F)(F)F)ccc23)c(O)c1. The minimum Gasteiger partial charge on any atom is -0.507 e. The highest BCUT2D eigenvalue weighted by Crippen LogP contribution is 2.36. The number of benzene rings is 3. The number of alkyl halides is 3. The number of aromatic nitrogens is 1. The number of hydrogen-bond acceptors (Lipinski definition) is 6. The Balaban J connectivity index is 2.00. The number of rotatable bonds is 6. The molecule has 0 aliphatic carbocycles. The van der Waals surface area contributed by atoms with Crippen LogP contribution >= 0.6 is 0 Å². The molecule has 1 heterocycles. The Kier molecular flexibility index (Phi) is 6.21. The molecule has 0 atom stereocenters. The third-order valence-corrected chi connectivity index (χ3v) is 7.46. The monoisotopic (exact) mass is 518 g/mol. The Morgan fingerprint density at radius 1 is 0.972 bits per heavy atom. The van der Waals surface area contributed by atoms with Crippen LogP contribution in [0.3, 0.4) is 0 Å². The summed E-state index contributed by atoms with van der Waals surface area (Å²) in [6, 6.07) is 13.5. The summed E-state index contributed by atoms with van der Waals surface area (Å²) in [6.45, 7) is 3.23. The van der Waals surface area contributed by atoms with Crippen molar-refractivity contribution in [3.63, 3.8) is 0 Å². The largest absolute Gasteiger partial charge is 0.573 e. The van der Waals surface area contributed by atoms with E-state index in [0.29, 0.717) is 5.75 Å². The van der Waals surface area contributed by atoms with Gasteiger partial charge in [0.05, 0.1) is 23.2 Å². The van der Waals surface area contributed by atoms with Crippen LogP contribution in [-0.2, 0) is 10.0 Å². The fraction of sp³-hybridized carbons (Fsp3) is 0.160. The number of halogens is 3. The van der Waals surface area contributed by atoms with E-state index in [9.17, 15) is 26.7 Å². The summed E-state index contributed by atoms with van der Waals surface area (Å²) in [6.07, 6.45) is -4.99. The number of methoxy groups -OCH3 is 1. The second-order valence-electron chi connectivity index (χ2n) is 8.03. The van der Waals surface area contributed by atoms with Gasteiger partial charge in [0.25, 0.3) is 10.0 Å². The van der Waals surface area contributed by atoms with Crippen LogP contribution in [0.4, 0.5) is 13.2 Å². The summed E-state index contributed by atoms with van der Waals surface area (Å²) in [5.41, 5.74) is 0.778. The Morgan fingerprint density at radius 3 is 2.19 bits per heavy atom. The first-order valence-electron chi connectivity index (χ1n) is 10.5. The molecule has 0 fully saturated rings. The number of fused-ring (bicyclic) bond motifs is 1. The van der Waals surface area contributed by atoms with Crippen LogP contribution in [0.15, 0.2) is 65.6 Å². The molecule has 0 spiro atoms. The zero-order chi connectivity index (χ0) is 26.4. The molecule has 0 aliphatic rings. The predicted octanol–water partition coefficient (Wildman–Crippen LogP) is 5.52. The third-order valence-electron chi connectivity index (χ3n) is 5.64. The van der Waals surface area contributed by atoms with Crippen molar-refractivity contribution in [3.8, 4) is 17.2 Å². The summed E-state index contributed by atoms with van der Waals surface area (Å²) in [5.74, 6) is -0.546. The van der Waals surface area contributed by atoms with E-state index in [0.717, 1.165) is 21.7 Å². The van der Waals surface area contributed by atoms with Gasteiger partial charge in [-0.25, -0.2) is 12.4 Å². The van der Waals surface area contributed by atoms with E-state index in [-0.39, 0.29) is 44.1 Å². The van der Waals surface area contributed by atoms with E-state index in [1.807, 2.05) is 0 Å². The fourth-order valence-electron chi connectivity index (χ4n) is 3.99. The quantitative estimate of drug-likeness (QED) is 0.327. The molecular formula is C25H21F3N2O5S. The number of phenolic OH excluding ortho intramolecular Hbond substituents is 1. The lowest BCUT2D eigenvalue weighted by atomic mass is 9.98. The molecule has 1 aromatic heterocycles. The second-order valence-corrected chi connectivity index (χ2v) is 9.81. The lowest BCUT2D eigenvalue weighted by Crippen LogP contribution is -2.17. The first-order chi connectivity index (χ1) is 16.8. The van der Waals surface area contributed by atoms with Gasteiger partial charge in [-0.05, 0) is 50.2 Å². The predicted molar refractivity (Wildman–Crippen MR) is 128 cm³/mol. The summed E-state index contributed by atoms with van der Waals surface area (Å²) in [4.78, 5) is -0.0828. The second kappa shape index (κ2) is 8.90. The minimum atomic E-state index is -4.99. The van der Waals surface area contributed by atoms with Crippen LogP contribution in [0.5, 0.6) is 17.2 Å². The van der Waals surface area contributed by atoms with Crippen LogP contribution in [0.25, 0.3) is 10.9 Å². The van der Waals surface area contributed by atoms with Gasteiger partial charge in [-0.15, -0.1) is 13.2 Å². The van der Waals surface area contributed by atoms with Crippen LogP contribution in [-0.4, -0.2) is 36.7 Å². The van der Waals surface area contributed by atoms with Crippen molar-refractivity contribution in [3.05, 3.63) is 83.0 Å². The van der Waals surface area contributed by atoms with Gasteiger partial charge in [0.2, 0.25) is 0 Å². The topological polar surface area (TPSA) is 102 Å². The van der Waals surface area contributed by atoms with Crippen molar-refractivity contribution in [2.24, 2.45) is 0 Å². The van der Waals surface area contributed by atoms with E-state index in [2.05, 4.69) is 4.74 Å². The number of hydrogen-bond donors (Lipinski definition) is 2. The zero-order valence-electron chi connectivity index (χ0n) is 19.3. The smallest absolute Gasteiger partial charge is 0.507 e. The fourth-order valence-corrected chi connectivity index (χ4v) is 5.54. The van der Waals surface area contributed by atoms with E-state index >= 15 is 0 Å². The van der Waals surface area contributed by atoms with Crippen LogP contribution in [0.1, 0.15) is 22.4 Å². The maximum absolute atomic E-state index is 13.7. The van der Waals surface area contributed by atoms with Crippen molar-refractivity contribution >= 4 is 26.6 Å². The highest BCUT2D eigenvalue weighted by Gasteiger charge is 2.33. The summed E-state index contributed by atoms with van der Waals surface area (Å²) in [5, 5.41) is 19.5. The molecule has 36 heavy (non-hydrogen) atoms. The Bertz CT molecular complexity index is 1590. The van der Waals surface area contributed by atoms with Gasteiger partial charge in [-0.3, -0.25) is 5.41 Å². The van der Waals surface area contributed by atoms with E-state index in [1.54, 1.807) is 19.1 Å². The lowest BCUT2D eigenvalue weighted by Gasteiger charge is -2.12. The summed E-state index contributed by atoms with van der Waals surface area (Å²) < 4.78 is 76.0. The van der Waals surface area contributed by atoms with E-state index < -0.39 is 22.1 Å². The van der Waals surface area contributed by atoms with Crippen molar-refractivity contribution in [2.45, 2.75) is 25.1 Å². The lowest BCUT2D eigenvalue weighted by molar-refractivity contribution is -0.274. The molecule has 0 radical (unpaired) electrons. The number of nitrogens with one attached hydrogen (secondary N) is 1. The van der Waals surface area contributed by atoms with Crippen molar-refractivity contribution < 1.29 is 36.2 Å². The van der Waals surface area contributed by atoms with Crippen LogP contribution < -0.4 is 9.47 Å². The molecule has 0 amide bonds. The van der Waals surface area contributed by atoms with Gasteiger partial charge in [-0.2, -0.15) is 0 Å². The van der Waals surface area contributed by atoms with Gasteiger partial charge < -0.3 is 14.6 Å². The first-order valence-corrected chi connectivity index (χ1v) is 12.0. The van der Waals surface area contributed by atoms with Gasteiger partial charge >= 0.3 is 6.36 Å². The molecular weight excluding hydrogens is 497 g/mol. The van der Waals surface area contributed by atoms with E-state index in [4.69, 9.17) is 10.1 Å². The van der Waals surface area contributed by atoms with Crippen LogP contribution in [0, 0.1) is 19.3 Å². The average molecular weight is 519 g/mol. The Labute approximate surface area is 204 Å². The van der Waals surface area contributed by atoms with Crippen molar-refractivity contribution in [2.75, 3.05) is 7.11 Å². The Hall–Kier alpha value is -3.99. The molecule has 0 saturated carbocycles. The normalized spacial score (nSPS) is 12.1. The number of aromatic hydroxyl groups is 1. The summed E-state index contributed by atoms with van der Waals surface area (Å²) >= 11 is 0. The molecule has 2 N–H and O–H groups in total. The number of ether oxygens (including phenoxy) is 2. The Morgan fingerprint density at radius 2 is 1.61 bits per heavy atom. The first kappa shape index (κ1) is 25.1. The molecule has 4 aromatic rings. The molecule has 0 aliphatic heterocycles. The highest BCUT2D eigenvalue weighted by molar-refractivity contribution is 7.90. The number of aryl methyl sites for hydroxylation is 1. The molecule has 4 rings (SSSR count). The van der Waals surface area contributed by atoms with Gasteiger partial charge in [0.1, 0.15) is 17.2 Å². The molecule has 7 nitrogen and oxygen atoms in total. The van der Waals surface area contributed by atoms with Gasteiger partial charge in [-0.1, -0.05) is 17.7 Å². The van der Waals surface area contributed by atoms with Crippen LogP contribution in [0.2, 0.25) is 0 Å². The molecule has 0 unspecified atom stereocenters. The summed E-state index contributed by atoms with van der Waals surface area (Å²) in [7, 11) is -2.88. The minimum absolute atomic E-state index is 0.0787. The van der Waals surface area contributed by atoms with E-state index in [1.165, 1.54) is 50.4 Å². The maximum atomic E-state index is 13.7. The van der Waals surface area contributed by atoms with Crippen molar-refractivity contribution in [1.29, 1.82) is 5.41 Å². The molecule has 11 heteroatoms. The standard InChI is InChI=1S/C25H21F3N2O5S/c1-14-4-8-18(9-5-14)36(32,33)30-15(2)23(24(29)20-11-6-16(34-3)13-22(20)31)19-10-7-17(12-21(19)30)35-25(26,27)28/h4-13,29,31H,1-3H3. The van der Waals surface area contributed by atoms with Gasteiger partial charge in [0, 0.05) is 34.3 Å².